The molecule has 0 saturated carbocycles. The van der Waals surface area contributed by atoms with E-state index in [1.165, 1.54) is 0 Å². The van der Waals surface area contributed by atoms with Crippen molar-refractivity contribution in [1.29, 1.82) is 0 Å². The van der Waals surface area contributed by atoms with Crippen LogP contribution in [0.4, 0.5) is 0 Å². The molecular weight excluding hydrogens is 260 g/mol. The second-order valence-electron chi connectivity index (χ2n) is 4.48. The Hall–Kier alpha value is -2.79. The molecule has 0 N–H and O–H groups in total. The van der Waals surface area contributed by atoms with Crippen molar-refractivity contribution in [3.05, 3.63) is 71.3 Å². The van der Waals surface area contributed by atoms with Crippen LogP contribution in [0.15, 0.2) is 54.6 Å². The molecule has 0 saturated heterocycles. The second kappa shape index (κ2) is 7.12. The van der Waals surface area contributed by atoms with Crippen LogP contribution in [-0.2, 0) is 0 Å². The largest absolute Gasteiger partial charge is 0.495 e. The van der Waals surface area contributed by atoms with E-state index in [0.717, 1.165) is 16.9 Å². The maximum Gasteiger partial charge on any atom is 0.159 e. The molecule has 0 amide bonds. The number of rotatable bonds is 3. The number of ether oxygens (including phenoxy) is 1. The minimum Gasteiger partial charge on any atom is -0.495 e. The van der Waals surface area contributed by atoms with Gasteiger partial charge in [0, 0.05) is 5.56 Å². The predicted octanol–water partition coefficient (Wildman–Crippen LogP) is 3.96. The third kappa shape index (κ3) is 4.09. The fraction of sp³-hybridized carbons (Fsp3) is 0.105. The third-order valence-electron chi connectivity index (χ3n) is 2.99. The lowest BCUT2D eigenvalue weighted by atomic mass is 10.1. The Kier molecular flexibility index (Phi) is 4.95. The molecule has 2 aromatic rings. The number of ketones is 1. The maximum atomic E-state index is 11.2. The van der Waals surface area contributed by atoms with Crippen molar-refractivity contribution in [2.24, 2.45) is 0 Å². The van der Waals surface area contributed by atoms with E-state index in [2.05, 4.69) is 11.8 Å². The van der Waals surface area contributed by atoms with E-state index in [0.29, 0.717) is 5.56 Å². The lowest BCUT2D eigenvalue weighted by Crippen LogP contribution is -1.90. The van der Waals surface area contributed by atoms with Crippen LogP contribution in [0, 0.1) is 11.8 Å². The molecule has 0 aliphatic rings. The van der Waals surface area contributed by atoms with E-state index < -0.39 is 0 Å². The van der Waals surface area contributed by atoms with Crippen LogP contribution in [-0.4, -0.2) is 12.9 Å². The molecule has 0 atom stereocenters. The number of para-hydroxylation sites is 1. The van der Waals surface area contributed by atoms with Crippen molar-refractivity contribution in [3.8, 4) is 17.6 Å². The SMILES string of the molecule is COc1ccccc1C#C/C=C/c1ccc(C(C)=O)cc1. The molecule has 0 spiro atoms. The molecule has 0 aliphatic carbocycles. The number of Topliss-reactive ketones (excluding diaryl/α,β-unsaturated/α-hetero) is 1. The number of allylic oxidation sites excluding steroid dienone is 1. The van der Waals surface area contributed by atoms with Gasteiger partial charge in [0.25, 0.3) is 0 Å². The van der Waals surface area contributed by atoms with Crippen molar-refractivity contribution in [3.63, 3.8) is 0 Å². The molecule has 21 heavy (non-hydrogen) atoms. The number of carbonyl (C=O) groups excluding carboxylic acids is 1. The average Bonchev–Trinajstić information content (AvgIpc) is 2.52. The summed E-state index contributed by atoms with van der Waals surface area (Å²) >= 11 is 0. The number of methoxy groups -OCH3 is 1. The number of benzene rings is 2. The zero-order chi connectivity index (χ0) is 15.1. The van der Waals surface area contributed by atoms with Gasteiger partial charge in [-0.15, -0.1) is 0 Å². The highest BCUT2D eigenvalue weighted by Crippen LogP contribution is 2.15. The highest BCUT2D eigenvalue weighted by atomic mass is 16.5. The van der Waals surface area contributed by atoms with Crippen LogP contribution in [0.25, 0.3) is 6.08 Å². The van der Waals surface area contributed by atoms with Gasteiger partial charge in [-0.05, 0) is 36.8 Å². The van der Waals surface area contributed by atoms with Gasteiger partial charge in [-0.2, -0.15) is 0 Å². The Morgan fingerprint density at radius 1 is 1.10 bits per heavy atom. The minimum atomic E-state index is 0.0708. The topological polar surface area (TPSA) is 26.3 Å². The van der Waals surface area contributed by atoms with Gasteiger partial charge in [0.15, 0.2) is 5.78 Å². The van der Waals surface area contributed by atoms with Crippen LogP contribution < -0.4 is 4.74 Å². The van der Waals surface area contributed by atoms with Gasteiger partial charge >= 0.3 is 0 Å². The molecule has 2 nitrogen and oxygen atoms in total. The zero-order valence-corrected chi connectivity index (χ0v) is 12.1. The molecule has 0 fully saturated rings. The minimum absolute atomic E-state index is 0.0708. The summed E-state index contributed by atoms with van der Waals surface area (Å²) in [6.45, 7) is 1.56. The molecular formula is C19H16O2. The molecule has 2 heteroatoms. The van der Waals surface area contributed by atoms with Gasteiger partial charge in [-0.1, -0.05) is 48.2 Å². The molecule has 0 bridgehead atoms. The van der Waals surface area contributed by atoms with Crippen molar-refractivity contribution in [2.45, 2.75) is 6.92 Å². The fourth-order valence-corrected chi connectivity index (χ4v) is 1.83. The molecule has 0 heterocycles. The first kappa shape index (κ1) is 14.6. The standard InChI is InChI=1S/C19H16O2/c1-15(20)17-13-11-16(12-14-17)7-3-4-8-18-9-5-6-10-19(18)21-2/h3,5-7,9-14H,1-2H3/b7-3+. The molecule has 104 valence electrons. The second-order valence-corrected chi connectivity index (χ2v) is 4.48. The van der Waals surface area contributed by atoms with Gasteiger partial charge in [-0.25, -0.2) is 0 Å². The average molecular weight is 276 g/mol. The lowest BCUT2D eigenvalue weighted by molar-refractivity contribution is 0.101. The highest BCUT2D eigenvalue weighted by molar-refractivity contribution is 5.94. The molecule has 0 aliphatic heterocycles. The smallest absolute Gasteiger partial charge is 0.159 e. The normalized spacial score (nSPS) is 10.0. The van der Waals surface area contributed by atoms with E-state index in [1.807, 2.05) is 54.6 Å². The monoisotopic (exact) mass is 276 g/mol. The van der Waals surface area contributed by atoms with Gasteiger partial charge < -0.3 is 4.74 Å². The highest BCUT2D eigenvalue weighted by Gasteiger charge is 1.97. The first-order chi connectivity index (χ1) is 10.2. The Morgan fingerprint density at radius 3 is 2.48 bits per heavy atom. The number of carbonyl (C=O) groups is 1. The van der Waals surface area contributed by atoms with Crippen molar-refractivity contribution in [2.75, 3.05) is 7.11 Å². The molecule has 0 unspecified atom stereocenters. The van der Waals surface area contributed by atoms with Crippen LogP contribution in [0.5, 0.6) is 5.75 Å². The summed E-state index contributed by atoms with van der Waals surface area (Å²) in [6.07, 6.45) is 3.70. The number of hydrogen-bond acceptors (Lipinski definition) is 2. The summed E-state index contributed by atoms with van der Waals surface area (Å²) in [5.41, 5.74) is 2.58. The van der Waals surface area contributed by atoms with E-state index in [4.69, 9.17) is 4.74 Å². The predicted molar refractivity (Wildman–Crippen MR) is 85.4 cm³/mol. The summed E-state index contributed by atoms with van der Waals surface area (Å²) < 4.78 is 5.24. The molecule has 0 radical (unpaired) electrons. The van der Waals surface area contributed by atoms with Gasteiger partial charge in [0.05, 0.1) is 12.7 Å². The van der Waals surface area contributed by atoms with Gasteiger partial charge in [0.2, 0.25) is 0 Å². The summed E-state index contributed by atoms with van der Waals surface area (Å²) in [6, 6.07) is 15.1. The van der Waals surface area contributed by atoms with Crippen LogP contribution in [0.1, 0.15) is 28.4 Å². The first-order valence-corrected chi connectivity index (χ1v) is 6.63. The Morgan fingerprint density at radius 2 is 1.81 bits per heavy atom. The van der Waals surface area contributed by atoms with E-state index in [9.17, 15) is 4.79 Å². The summed E-state index contributed by atoms with van der Waals surface area (Å²) in [5.74, 6) is 6.87. The third-order valence-corrected chi connectivity index (χ3v) is 2.99. The van der Waals surface area contributed by atoms with Crippen LogP contribution in [0.2, 0.25) is 0 Å². The van der Waals surface area contributed by atoms with Gasteiger partial charge in [-0.3, -0.25) is 4.79 Å². The zero-order valence-electron chi connectivity index (χ0n) is 12.1. The van der Waals surface area contributed by atoms with Crippen molar-refractivity contribution < 1.29 is 9.53 Å². The van der Waals surface area contributed by atoms with E-state index in [-0.39, 0.29) is 5.78 Å². The first-order valence-electron chi connectivity index (χ1n) is 6.63. The summed E-state index contributed by atoms with van der Waals surface area (Å²) in [7, 11) is 1.63. The Bertz CT molecular complexity index is 713. The van der Waals surface area contributed by atoms with Crippen LogP contribution >= 0.6 is 0 Å². The van der Waals surface area contributed by atoms with E-state index >= 15 is 0 Å². The molecule has 2 rings (SSSR count). The summed E-state index contributed by atoms with van der Waals surface area (Å²) in [4.78, 5) is 11.2. The van der Waals surface area contributed by atoms with Crippen LogP contribution in [0.3, 0.4) is 0 Å². The van der Waals surface area contributed by atoms with Crippen molar-refractivity contribution >= 4 is 11.9 Å². The molecule has 0 aromatic heterocycles. The molecule has 2 aromatic carbocycles. The van der Waals surface area contributed by atoms with Crippen molar-refractivity contribution in [1.82, 2.24) is 0 Å². The Labute approximate surface area is 125 Å². The summed E-state index contributed by atoms with van der Waals surface area (Å²) in [5, 5.41) is 0. The quantitative estimate of drug-likeness (QED) is 0.626. The maximum absolute atomic E-state index is 11.2. The van der Waals surface area contributed by atoms with E-state index in [1.54, 1.807) is 20.1 Å². The Balaban J connectivity index is 2.09. The van der Waals surface area contributed by atoms with Gasteiger partial charge in [0.1, 0.15) is 5.75 Å². The fourth-order valence-electron chi connectivity index (χ4n) is 1.83. The number of hydrogen-bond donors (Lipinski definition) is 0. The lowest BCUT2D eigenvalue weighted by Gasteiger charge is -2.00.